The van der Waals surface area contributed by atoms with Crippen LogP contribution in [0.15, 0.2) is 116 Å². The van der Waals surface area contributed by atoms with Crippen molar-refractivity contribution in [1.29, 1.82) is 0 Å². The fraction of sp³-hybridized carbons (Fsp3) is 0.143. The number of rotatable bonds is 8. The number of hydrogen-bond donors (Lipinski definition) is 4. The van der Waals surface area contributed by atoms with Crippen LogP contribution in [0.4, 0.5) is 11.4 Å². The minimum absolute atomic E-state index is 0.0835. The summed E-state index contributed by atoms with van der Waals surface area (Å²) in [6.07, 6.45) is 8.56. The molecule has 8 rings (SSSR count). The molecule has 4 N–H and O–H groups in total. The molecule has 0 unspecified atom stereocenters. The molecule has 0 radical (unpaired) electrons. The highest BCUT2D eigenvalue weighted by Gasteiger charge is 2.26. The molecule has 2 aliphatic heterocycles. The van der Waals surface area contributed by atoms with Gasteiger partial charge in [0.1, 0.15) is 0 Å². The topological polar surface area (TPSA) is 121 Å². The number of amides is 3. The SMILES string of the molecule is Cc1[nH]c(C=C2C(=O)Nc3cc(-c4ccccc4)ccc32)c(C)c1C(=O)NCCCn1ccnc1.O=C1Cc2ccc(-c3ccccc3)cc2N1. The number of benzene rings is 4. The molecule has 0 bridgehead atoms. The number of aromatic amines is 1. The largest absolute Gasteiger partial charge is 0.358 e. The summed E-state index contributed by atoms with van der Waals surface area (Å²) in [7, 11) is 0. The Kier molecular flexibility index (Phi) is 9.43. The van der Waals surface area contributed by atoms with Crippen LogP contribution < -0.4 is 16.0 Å². The highest BCUT2D eigenvalue weighted by Crippen LogP contribution is 2.37. The van der Waals surface area contributed by atoms with Crippen molar-refractivity contribution in [2.24, 2.45) is 0 Å². The first-order valence-corrected chi connectivity index (χ1v) is 17.0. The monoisotopic (exact) mass is 674 g/mol. The minimum Gasteiger partial charge on any atom is -0.358 e. The number of hydrogen-bond acceptors (Lipinski definition) is 4. The summed E-state index contributed by atoms with van der Waals surface area (Å²) < 4.78 is 1.98. The number of carbonyl (C=O) groups is 3. The first-order chi connectivity index (χ1) is 24.8. The highest BCUT2D eigenvalue weighted by atomic mass is 16.2. The van der Waals surface area contributed by atoms with Crippen LogP contribution in [-0.4, -0.2) is 38.8 Å². The molecule has 254 valence electrons. The third-order valence-corrected chi connectivity index (χ3v) is 9.18. The highest BCUT2D eigenvalue weighted by molar-refractivity contribution is 6.35. The summed E-state index contributed by atoms with van der Waals surface area (Å²) >= 11 is 0. The van der Waals surface area contributed by atoms with Gasteiger partial charge in [0.15, 0.2) is 0 Å². The molecule has 4 aromatic carbocycles. The molecule has 9 nitrogen and oxygen atoms in total. The Morgan fingerprint density at radius 3 is 2.22 bits per heavy atom. The van der Waals surface area contributed by atoms with Gasteiger partial charge in [0.05, 0.1) is 23.9 Å². The van der Waals surface area contributed by atoms with E-state index < -0.39 is 0 Å². The Hall–Kier alpha value is -6.48. The van der Waals surface area contributed by atoms with E-state index in [1.807, 2.05) is 110 Å². The first kappa shape index (κ1) is 33.0. The van der Waals surface area contributed by atoms with Crippen molar-refractivity contribution in [1.82, 2.24) is 19.9 Å². The number of aryl methyl sites for hydroxylation is 2. The van der Waals surface area contributed by atoms with Crippen LogP contribution in [0, 0.1) is 13.8 Å². The third-order valence-electron chi connectivity index (χ3n) is 9.18. The Bertz CT molecular complexity index is 2250. The van der Waals surface area contributed by atoms with Gasteiger partial charge in [-0.2, -0.15) is 0 Å². The van der Waals surface area contributed by atoms with Crippen molar-refractivity contribution in [3.63, 3.8) is 0 Å². The Morgan fingerprint density at radius 2 is 1.53 bits per heavy atom. The average Bonchev–Trinajstić information content (AvgIpc) is 3.93. The van der Waals surface area contributed by atoms with Crippen LogP contribution in [0.5, 0.6) is 0 Å². The zero-order chi connectivity index (χ0) is 35.3. The number of aromatic nitrogens is 3. The number of carbonyl (C=O) groups excluding carboxylic acids is 3. The van der Waals surface area contributed by atoms with Crippen molar-refractivity contribution in [3.05, 3.63) is 149 Å². The molecule has 0 saturated heterocycles. The molecule has 0 atom stereocenters. The predicted octanol–water partition coefficient (Wildman–Crippen LogP) is 7.66. The van der Waals surface area contributed by atoms with Crippen LogP contribution in [0.3, 0.4) is 0 Å². The van der Waals surface area contributed by atoms with Crippen molar-refractivity contribution in [2.45, 2.75) is 33.2 Å². The maximum atomic E-state index is 12.9. The number of imidazole rings is 1. The summed E-state index contributed by atoms with van der Waals surface area (Å²) in [6, 6.07) is 32.4. The standard InChI is InChI=1S/C28H27N5O2.C14H11NO/c1-18-24(31-19(2)26(18)28(35)30-11-6-13-33-14-12-29-17-33)16-23-22-10-9-21(15-25(22)32-27(23)34)20-7-4-3-5-8-20;16-14-9-12-7-6-11(8-13(12)15-14)10-4-2-1-3-5-10/h3-5,7-10,12,14-17,31H,6,11,13H2,1-2H3,(H,30,35)(H,32,34);1-8H,9H2,(H,15,16). The normalized spacial score (nSPS) is 13.6. The first-order valence-electron chi connectivity index (χ1n) is 17.0. The van der Waals surface area contributed by atoms with Crippen molar-refractivity contribution >= 4 is 40.7 Å². The second-order valence-corrected chi connectivity index (χ2v) is 12.7. The third kappa shape index (κ3) is 7.28. The molecule has 9 heteroatoms. The summed E-state index contributed by atoms with van der Waals surface area (Å²) in [5.74, 6) is -0.183. The fourth-order valence-electron chi connectivity index (χ4n) is 6.55. The van der Waals surface area contributed by atoms with Gasteiger partial charge in [-0.3, -0.25) is 14.4 Å². The van der Waals surface area contributed by atoms with Crippen LogP contribution >= 0.6 is 0 Å². The summed E-state index contributed by atoms with van der Waals surface area (Å²) in [5, 5.41) is 8.85. The smallest absolute Gasteiger partial charge is 0.256 e. The zero-order valence-corrected chi connectivity index (χ0v) is 28.5. The van der Waals surface area contributed by atoms with Gasteiger partial charge in [0.2, 0.25) is 5.91 Å². The number of fused-ring (bicyclic) bond motifs is 2. The molecule has 51 heavy (non-hydrogen) atoms. The van der Waals surface area contributed by atoms with Gasteiger partial charge in [-0.25, -0.2) is 4.98 Å². The van der Waals surface area contributed by atoms with Crippen molar-refractivity contribution < 1.29 is 14.4 Å². The Balaban J connectivity index is 0.000000210. The van der Waals surface area contributed by atoms with Gasteiger partial charge >= 0.3 is 0 Å². The number of nitrogens with zero attached hydrogens (tertiary/aromatic N) is 2. The lowest BCUT2D eigenvalue weighted by Gasteiger charge is -2.07. The fourth-order valence-corrected chi connectivity index (χ4v) is 6.55. The van der Waals surface area contributed by atoms with E-state index in [-0.39, 0.29) is 17.7 Å². The molecule has 0 spiro atoms. The summed E-state index contributed by atoms with van der Waals surface area (Å²) in [6.45, 7) is 5.15. The molecule has 6 aromatic rings. The molecule has 0 aliphatic carbocycles. The van der Waals surface area contributed by atoms with Gasteiger partial charge in [-0.1, -0.05) is 84.9 Å². The summed E-state index contributed by atoms with van der Waals surface area (Å²) in [5.41, 5.74) is 11.7. The second-order valence-electron chi connectivity index (χ2n) is 12.7. The molecule has 2 aliphatic rings. The molecule has 4 heterocycles. The number of nitrogens with one attached hydrogen (secondary N) is 4. The summed E-state index contributed by atoms with van der Waals surface area (Å²) in [4.78, 5) is 44.3. The quantitative estimate of drug-likeness (QED) is 0.0979. The number of H-pyrrole nitrogens is 1. The lowest BCUT2D eigenvalue weighted by molar-refractivity contribution is -0.115. The van der Waals surface area contributed by atoms with Crippen molar-refractivity contribution in [2.75, 3.05) is 17.2 Å². The van der Waals surface area contributed by atoms with E-state index in [0.29, 0.717) is 24.1 Å². The Labute approximate surface area is 296 Å². The second kappa shape index (κ2) is 14.6. The maximum Gasteiger partial charge on any atom is 0.256 e. The van der Waals surface area contributed by atoms with E-state index in [1.54, 1.807) is 12.5 Å². The van der Waals surface area contributed by atoms with E-state index in [9.17, 15) is 14.4 Å². The van der Waals surface area contributed by atoms with Crippen LogP contribution in [-0.2, 0) is 22.6 Å². The van der Waals surface area contributed by atoms with E-state index >= 15 is 0 Å². The molecule has 2 aromatic heterocycles. The van der Waals surface area contributed by atoms with E-state index in [2.05, 4.69) is 44.1 Å². The molecule has 3 amide bonds. The lowest BCUT2D eigenvalue weighted by Crippen LogP contribution is -2.26. The molecule has 0 saturated carbocycles. The van der Waals surface area contributed by atoms with Gasteiger partial charge in [0, 0.05) is 53.8 Å². The van der Waals surface area contributed by atoms with E-state index in [4.69, 9.17) is 0 Å². The molecule has 0 fully saturated rings. The minimum atomic E-state index is -0.151. The number of anilines is 2. The van der Waals surface area contributed by atoms with Crippen LogP contribution in [0.2, 0.25) is 0 Å². The molecular formula is C42H38N6O3. The van der Waals surface area contributed by atoms with Crippen LogP contribution in [0.25, 0.3) is 33.9 Å². The van der Waals surface area contributed by atoms with Gasteiger partial charge in [-0.05, 0) is 71.9 Å². The predicted molar refractivity (Wildman–Crippen MR) is 202 cm³/mol. The molecular weight excluding hydrogens is 637 g/mol. The van der Waals surface area contributed by atoms with Crippen LogP contribution in [0.1, 0.15) is 44.9 Å². The van der Waals surface area contributed by atoms with E-state index in [1.165, 1.54) is 5.56 Å². The van der Waals surface area contributed by atoms with Crippen molar-refractivity contribution in [3.8, 4) is 22.3 Å². The average molecular weight is 675 g/mol. The maximum absolute atomic E-state index is 12.9. The lowest BCUT2D eigenvalue weighted by atomic mass is 9.99. The van der Waals surface area contributed by atoms with Gasteiger partial charge < -0.3 is 25.5 Å². The zero-order valence-electron chi connectivity index (χ0n) is 28.5. The Morgan fingerprint density at radius 1 is 0.843 bits per heavy atom. The van der Waals surface area contributed by atoms with Gasteiger partial charge in [-0.15, -0.1) is 0 Å². The van der Waals surface area contributed by atoms with E-state index in [0.717, 1.165) is 69.1 Å². The van der Waals surface area contributed by atoms with Gasteiger partial charge in [0.25, 0.3) is 11.8 Å².